The molecule has 2 aliphatic heterocycles. The molecule has 1 aromatic carbocycles. The number of carbonyl (C=O) groups is 1. The van der Waals surface area contributed by atoms with Gasteiger partial charge in [-0.2, -0.15) is 13.1 Å². The Hall–Kier alpha value is -1.62. The van der Waals surface area contributed by atoms with E-state index in [4.69, 9.17) is 0 Å². The van der Waals surface area contributed by atoms with Crippen molar-refractivity contribution >= 4 is 38.7 Å². The summed E-state index contributed by atoms with van der Waals surface area (Å²) in [6.45, 7) is 4.32. The topological polar surface area (TPSA) is 95.5 Å². The Morgan fingerprint density at radius 2 is 1.90 bits per heavy atom. The molecule has 2 aliphatic rings. The van der Waals surface area contributed by atoms with Crippen LogP contribution < -0.4 is 5.32 Å². The first-order chi connectivity index (χ1) is 14.6. The van der Waals surface area contributed by atoms with Crippen molar-refractivity contribution in [2.24, 2.45) is 5.92 Å². The van der Waals surface area contributed by atoms with Gasteiger partial charge in [-0.15, -0.1) is 0 Å². The van der Waals surface area contributed by atoms with E-state index in [2.05, 4.69) is 19.0 Å². The second-order valence-electron chi connectivity index (χ2n) is 8.14. The molecule has 2 fully saturated rings. The minimum absolute atomic E-state index is 0.0433. The monoisotopic (exact) mass is 451 g/mol. The van der Waals surface area contributed by atoms with Crippen molar-refractivity contribution < 1.29 is 13.2 Å². The van der Waals surface area contributed by atoms with Gasteiger partial charge in [0.05, 0.1) is 17.6 Å². The molecule has 8 nitrogen and oxygen atoms in total. The average Bonchev–Trinajstić information content (AvgIpc) is 3.09. The quantitative estimate of drug-likeness (QED) is 0.723. The highest BCUT2D eigenvalue weighted by atomic mass is 32.2. The maximum Gasteiger partial charge on any atom is 0.245 e. The van der Waals surface area contributed by atoms with Crippen molar-refractivity contribution in [3.8, 4) is 0 Å². The normalized spacial score (nSPS) is 22.1. The van der Waals surface area contributed by atoms with Crippen LogP contribution in [0.2, 0.25) is 0 Å². The highest BCUT2D eigenvalue weighted by Crippen LogP contribution is 2.28. The molecule has 10 heteroatoms. The third-order valence-corrected chi connectivity index (χ3v) is 8.49. The van der Waals surface area contributed by atoms with E-state index in [1.54, 1.807) is 18.2 Å². The van der Waals surface area contributed by atoms with Crippen molar-refractivity contribution in [3.05, 3.63) is 18.2 Å². The number of hydrogen-bond donors (Lipinski definition) is 1. The van der Waals surface area contributed by atoms with Crippen molar-refractivity contribution in [2.75, 3.05) is 39.3 Å². The third kappa shape index (κ3) is 4.82. The Labute approximate surface area is 182 Å². The fraction of sp³-hybridized carbons (Fsp3) is 0.650. The lowest BCUT2D eigenvalue weighted by Gasteiger charge is -2.31. The van der Waals surface area contributed by atoms with Crippen LogP contribution in [0.3, 0.4) is 0 Å². The Bertz CT molecular complexity index is 970. The lowest BCUT2D eigenvalue weighted by atomic mass is 9.99. The second-order valence-corrected chi connectivity index (χ2v) is 10.6. The van der Waals surface area contributed by atoms with Gasteiger partial charge >= 0.3 is 0 Å². The van der Waals surface area contributed by atoms with Crippen LogP contribution in [0.15, 0.2) is 23.1 Å². The van der Waals surface area contributed by atoms with Gasteiger partial charge < -0.3 is 10.2 Å². The molecule has 1 aromatic heterocycles. The number of piperidine rings is 1. The summed E-state index contributed by atoms with van der Waals surface area (Å²) in [5.74, 6) is -0.358. The summed E-state index contributed by atoms with van der Waals surface area (Å²) >= 11 is 1.01. The number of aromatic nitrogens is 2. The lowest BCUT2D eigenvalue weighted by Crippen LogP contribution is -2.46. The summed E-state index contributed by atoms with van der Waals surface area (Å²) in [5, 5.41) is 3.03. The van der Waals surface area contributed by atoms with E-state index in [0.29, 0.717) is 37.0 Å². The van der Waals surface area contributed by atoms with Gasteiger partial charge in [-0.1, -0.05) is 18.9 Å². The van der Waals surface area contributed by atoms with E-state index < -0.39 is 10.0 Å². The Morgan fingerprint density at radius 3 is 2.70 bits per heavy atom. The molecule has 0 saturated carbocycles. The molecule has 30 heavy (non-hydrogen) atoms. The molecule has 0 radical (unpaired) electrons. The second kappa shape index (κ2) is 9.67. The number of carbonyl (C=O) groups excluding carboxylic acids is 1. The van der Waals surface area contributed by atoms with E-state index >= 15 is 0 Å². The zero-order valence-electron chi connectivity index (χ0n) is 17.1. The summed E-state index contributed by atoms with van der Waals surface area (Å²) < 4.78 is 36.2. The Kier molecular flexibility index (Phi) is 6.97. The van der Waals surface area contributed by atoms with Crippen molar-refractivity contribution in [1.29, 1.82) is 0 Å². The van der Waals surface area contributed by atoms with Crippen LogP contribution in [0.5, 0.6) is 0 Å². The number of sulfonamides is 1. The molecular weight excluding hydrogens is 422 g/mol. The van der Waals surface area contributed by atoms with E-state index in [9.17, 15) is 13.2 Å². The lowest BCUT2D eigenvalue weighted by molar-refractivity contribution is -0.126. The fourth-order valence-corrected chi connectivity index (χ4v) is 6.62. The summed E-state index contributed by atoms with van der Waals surface area (Å²) in [7, 11) is -3.72. The van der Waals surface area contributed by atoms with Crippen molar-refractivity contribution in [2.45, 2.75) is 43.4 Å². The van der Waals surface area contributed by atoms with Gasteiger partial charge in [-0.25, -0.2) is 8.42 Å². The molecule has 2 saturated heterocycles. The first-order valence-electron chi connectivity index (χ1n) is 10.8. The zero-order valence-corrected chi connectivity index (χ0v) is 18.8. The molecule has 1 N–H and O–H groups in total. The standard InChI is InChI=1S/C20H29N5O3S2/c26-20(21-10-14-24-11-3-1-2-4-12-24)16-7-6-13-25(15-16)30(27,28)18-9-5-8-17-19(18)23-29-22-17/h5,8-9,16H,1-4,6-7,10-15H2,(H,21,26). The molecule has 1 atom stereocenters. The summed E-state index contributed by atoms with van der Waals surface area (Å²) in [5.41, 5.74) is 0.993. The number of likely N-dealkylation sites (tertiary alicyclic amines) is 1. The van der Waals surface area contributed by atoms with E-state index in [0.717, 1.165) is 31.4 Å². The minimum Gasteiger partial charge on any atom is -0.355 e. The molecule has 0 aliphatic carbocycles. The number of rotatable bonds is 6. The summed E-state index contributed by atoms with van der Waals surface area (Å²) in [6, 6.07) is 5.02. The number of amides is 1. The van der Waals surface area contributed by atoms with Crippen LogP contribution in [0, 0.1) is 5.92 Å². The molecule has 4 rings (SSSR count). The van der Waals surface area contributed by atoms with Crippen LogP contribution in [-0.4, -0.2) is 71.5 Å². The number of nitrogens with zero attached hydrogens (tertiary/aromatic N) is 4. The predicted octanol–water partition coefficient (Wildman–Crippen LogP) is 2.08. The minimum atomic E-state index is -3.72. The SMILES string of the molecule is O=C(NCCN1CCCCCC1)C1CCCN(S(=O)(=O)c2cccc3nsnc23)C1. The third-order valence-electron chi connectivity index (χ3n) is 6.05. The van der Waals surface area contributed by atoms with Crippen molar-refractivity contribution in [3.63, 3.8) is 0 Å². The highest BCUT2D eigenvalue weighted by Gasteiger charge is 2.34. The average molecular weight is 452 g/mol. The fourth-order valence-electron chi connectivity index (χ4n) is 4.34. The smallest absolute Gasteiger partial charge is 0.245 e. The maximum absolute atomic E-state index is 13.2. The van der Waals surface area contributed by atoms with Gasteiger partial charge in [0, 0.05) is 26.2 Å². The number of nitrogens with one attached hydrogen (secondary N) is 1. The Morgan fingerprint density at radius 1 is 1.10 bits per heavy atom. The molecule has 1 unspecified atom stereocenters. The molecule has 3 heterocycles. The van der Waals surface area contributed by atoms with Crippen LogP contribution in [0.1, 0.15) is 38.5 Å². The van der Waals surface area contributed by atoms with Gasteiger partial charge in [0.25, 0.3) is 0 Å². The van der Waals surface area contributed by atoms with Crippen molar-refractivity contribution in [1.82, 2.24) is 23.3 Å². The molecule has 0 spiro atoms. The molecular formula is C20H29N5O3S2. The highest BCUT2D eigenvalue weighted by molar-refractivity contribution is 7.89. The van der Waals surface area contributed by atoms with Crippen LogP contribution in [-0.2, 0) is 14.8 Å². The van der Waals surface area contributed by atoms with E-state index in [1.165, 1.54) is 30.0 Å². The van der Waals surface area contributed by atoms with Crippen LogP contribution in [0.4, 0.5) is 0 Å². The first kappa shape index (κ1) is 21.6. The molecule has 0 bridgehead atoms. The van der Waals surface area contributed by atoms with Gasteiger partial charge in [0.1, 0.15) is 15.9 Å². The predicted molar refractivity (Wildman–Crippen MR) is 117 cm³/mol. The molecule has 1 amide bonds. The first-order valence-corrected chi connectivity index (χ1v) is 12.9. The van der Waals surface area contributed by atoms with E-state index in [1.807, 2.05) is 0 Å². The molecule has 164 valence electrons. The largest absolute Gasteiger partial charge is 0.355 e. The Balaban J connectivity index is 1.36. The zero-order chi connectivity index (χ0) is 21.0. The molecule has 2 aromatic rings. The summed E-state index contributed by atoms with van der Waals surface area (Å²) in [6.07, 6.45) is 6.42. The van der Waals surface area contributed by atoms with Crippen LogP contribution >= 0.6 is 11.7 Å². The number of fused-ring (bicyclic) bond motifs is 1. The maximum atomic E-state index is 13.2. The number of hydrogen-bond acceptors (Lipinski definition) is 7. The summed E-state index contributed by atoms with van der Waals surface area (Å²) in [4.78, 5) is 15.3. The van der Waals surface area contributed by atoms with Gasteiger partial charge in [0.15, 0.2) is 0 Å². The van der Waals surface area contributed by atoms with E-state index in [-0.39, 0.29) is 23.3 Å². The van der Waals surface area contributed by atoms with Gasteiger partial charge in [-0.05, 0) is 50.9 Å². The van der Waals surface area contributed by atoms with Crippen LogP contribution in [0.25, 0.3) is 11.0 Å². The van der Waals surface area contributed by atoms with Gasteiger partial charge in [0.2, 0.25) is 15.9 Å². The number of benzene rings is 1. The van der Waals surface area contributed by atoms with Gasteiger partial charge in [-0.3, -0.25) is 4.79 Å².